The van der Waals surface area contributed by atoms with Gasteiger partial charge in [-0.15, -0.1) is 0 Å². The summed E-state index contributed by atoms with van der Waals surface area (Å²) in [6.07, 6.45) is 4.99. The van der Waals surface area contributed by atoms with Gasteiger partial charge in [-0.1, -0.05) is 0 Å². The Hall–Kier alpha value is -1.20. The summed E-state index contributed by atoms with van der Waals surface area (Å²) < 4.78 is 0. The Bertz CT molecular complexity index is 346. The zero-order chi connectivity index (χ0) is 11.4. The average molecular weight is 221 g/mol. The van der Waals surface area contributed by atoms with Crippen molar-refractivity contribution < 1.29 is 0 Å². The fourth-order valence-electron chi connectivity index (χ4n) is 2.25. The number of rotatable bonds is 5. The van der Waals surface area contributed by atoms with Crippen LogP contribution >= 0.6 is 0 Å². The lowest BCUT2D eigenvalue weighted by atomic mass is 10.2. The van der Waals surface area contributed by atoms with E-state index in [0.29, 0.717) is 13.1 Å². The second-order valence-corrected chi connectivity index (χ2v) is 4.04. The van der Waals surface area contributed by atoms with Crippen molar-refractivity contribution in [3.63, 3.8) is 0 Å². The molecule has 1 heterocycles. The molecule has 16 heavy (non-hydrogen) atoms. The maximum atomic E-state index is 5.62. The molecule has 0 unspecified atom stereocenters. The van der Waals surface area contributed by atoms with Crippen LogP contribution in [-0.4, -0.2) is 36.1 Å². The van der Waals surface area contributed by atoms with E-state index in [9.17, 15) is 0 Å². The van der Waals surface area contributed by atoms with E-state index in [4.69, 9.17) is 11.5 Å². The smallest absolute Gasteiger partial charge is 0.135 e. The minimum absolute atomic E-state index is 0.624. The lowest BCUT2D eigenvalue weighted by Crippen LogP contribution is -2.35. The molecular weight excluding hydrogens is 202 g/mol. The molecular formula is C11H19N5. The minimum Gasteiger partial charge on any atom is -0.354 e. The molecule has 1 aliphatic rings. The van der Waals surface area contributed by atoms with E-state index in [1.165, 1.54) is 17.7 Å². The first-order valence-corrected chi connectivity index (χ1v) is 5.84. The molecule has 1 aromatic heterocycles. The molecule has 0 saturated heterocycles. The topological polar surface area (TPSA) is 81.1 Å². The zero-order valence-electron chi connectivity index (χ0n) is 9.52. The Labute approximate surface area is 95.9 Å². The highest BCUT2D eigenvalue weighted by Gasteiger charge is 2.20. The van der Waals surface area contributed by atoms with Crippen LogP contribution in [0.1, 0.15) is 17.7 Å². The first kappa shape index (κ1) is 11.3. The second kappa shape index (κ2) is 5.23. The van der Waals surface area contributed by atoms with Crippen LogP contribution in [0.15, 0.2) is 6.33 Å². The van der Waals surface area contributed by atoms with Crippen molar-refractivity contribution in [1.82, 2.24) is 9.97 Å². The molecule has 0 fully saturated rings. The highest BCUT2D eigenvalue weighted by molar-refractivity contribution is 5.50. The summed E-state index contributed by atoms with van der Waals surface area (Å²) in [5, 5.41) is 0. The molecule has 0 aromatic carbocycles. The molecule has 0 spiro atoms. The van der Waals surface area contributed by atoms with Gasteiger partial charge in [-0.05, 0) is 19.3 Å². The molecule has 0 saturated carbocycles. The average Bonchev–Trinajstić information content (AvgIpc) is 2.76. The van der Waals surface area contributed by atoms with Gasteiger partial charge in [0, 0.05) is 37.4 Å². The number of aryl methyl sites for hydroxylation is 1. The van der Waals surface area contributed by atoms with Gasteiger partial charge >= 0.3 is 0 Å². The number of hydrogen-bond donors (Lipinski definition) is 2. The fraction of sp³-hybridized carbons (Fsp3) is 0.636. The molecule has 2 rings (SSSR count). The Morgan fingerprint density at radius 2 is 1.88 bits per heavy atom. The zero-order valence-corrected chi connectivity index (χ0v) is 9.52. The van der Waals surface area contributed by atoms with Crippen molar-refractivity contribution in [2.75, 3.05) is 31.1 Å². The molecule has 5 nitrogen and oxygen atoms in total. The van der Waals surface area contributed by atoms with Gasteiger partial charge in [0.25, 0.3) is 0 Å². The number of anilines is 1. The van der Waals surface area contributed by atoms with Gasteiger partial charge in [0.2, 0.25) is 0 Å². The summed E-state index contributed by atoms with van der Waals surface area (Å²) in [6.45, 7) is 2.86. The van der Waals surface area contributed by atoms with Crippen molar-refractivity contribution in [1.29, 1.82) is 0 Å². The van der Waals surface area contributed by atoms with E-state index < -0.39 is 0 Å². The van der Waals surface area contributed by atoms with Crippen LogP contribution in [0, 0.1) is 0 Å². The quantitative estimate of drug-likeness (QED) is 0.713. The summed E-state index contributed by atoms with van der Waals surface area (Å²) in [5.74, 6) is 1.04. The van der Waals surface area contributed by atoms with Gasteiger partial charge in [0.15, 0.2) is 0 Å². The van der Waals surface area contributed by atoms with E-state index in [1.54, 1.807) is 6.33 Å². The number of aromatic nitrogens is 2. The van der Waals surface area contributed by atoms with Crippen molar-refractivity contribution >= 4 is 5.82 Å². The van der Waals surface area contributed by atoms with Crippen molar-refractivity contribution in [3.05, 3.63) is 17.6 Å². The summed E-state index contributed by atoms with van der Waals surface area (Å²) in [6, 6.07) is 0. The Kier molecular flexibility index (Phi) is 3.69. The maximum absolute atomic E-state index is 5.62. The Morgan fingerprint density at radius 1 is 1.12 bits per heavy atom. The molecule has 1 aliphatic carbocycles. The largest absolute Gasteiger partial charge is 0.354 e. The van der Waals surface area contributed by atoms with Crippen LogP contribution in [0.2, 0.25) is 0 Å². The van der Waals surface area contributed by atoms with E-state index in [0.717, 1.165) is 31.7 Å². The van der Waals surface area contributed by atoms with E-state index in [2.05, 4.69) is 14.9 Å². The predicted octanol–water partition coefficient (Wildman–Crippen LogP) is -0.311. The van der Waals surface area contributed by atoms with Crippen LogP contribution in [-0.2, 0) is 12.8 Å². The summed E-state index contributed by atoms with van der Waals surface area (Å²) in [4.78, 5) is 10.9. The number of hydrogen-bond acceptors (Lipinski definition) is 5. The monoisotopic (exact) mass is 221 g/mol. The number of nitrogens with zero attached hydrogens (tertiary/aromatic N) is 3. The lowest BCUT2D eigenvalue weighted by Gasteiger charge is -2.24. The van der Waals surface area contributed by atoms with Gasteiger partial charge in [0.05, 0.1) is 0 Å². The van der Waals surface area contributed by atoms with Crippen molar-refractivity contribution in [2.45, 2.75) is 19.3 Å². The van der Waals surface area contributed by atoms with Gasteiger partial charge in [0.1, 0.15) is 12.1 Å². The molecule has 88 valence electrons. The number of fused-ring (bicyclic) bond motifs is 1. The molecule has 0 radical (unpaired) electrons. The molecule has 0 amide bonds. The van der Waals surface area contributed by atoms with Crippen molar-refractivity contribution in [3.8, 4) is 0 Å². The summed E-state index contributed by atoms with van der Waals surface area (Å²) in [5.41, 5.74) is 13.7. The van der Waals surface area contributed by atoms with E-state index in [-0.39, 0.29) is 0 Å². The van der Waals surface area contributed by atoms with E-state index >= 15 is 0 Å². The van der Waals surface area contributed by atoms with Crippen LogP contribution in [0.3, 0.4) is 0 Å². The highest BCUT2D eigenvalue weighted by atomic mass is 15.2. The Morgan fingerprint density at radius 3 is 2.56 bits per heavy atom. The first-order chi connectivity index (χ1) is 7.86. The van der Waals surface area contributed by atoms with Gasteiger partial charge < -0.3 is 16.4 Å². The third kappa shape index (κ3) is 2.15. The summed E-state index contributed by atoms with van der Waals surface area (Å²) >= 11 is 0. The molecule has 0 aliphatic heterocycles. The fourth-order valence-corrected chi connectivity index (χ4v) is 2.25. The normalized spacial score (nSPS) is 13.9. The molecule has 1 aromatic rings. The second-order valence-electron chi connectivity index (χ2n) is 4.04. The molecule has 0 atom stereocenters. The van der Waals surface area contributed by atoms with Crippen LogP contribution in [0.4, 0.5) is 5.82 Å². The minimum atomic E-state index is 0.624. The van der Waals surface area contributed by atoms with Crippen LogP contribution < -0.4 is 16.4 Å². The SMILES string of the molecule is NCCN(CCN)c1ncnc2c1CCC2. The Balaban J connectivity index is 2.26. The van der Waals surface area contributed by atoms with Crippen LogP contribution in [0.25, 0.3) is 0 Å². The maximum Gasteiger partial charge on any atom is 0.135 e. The van der Waals surface area contributed by atoms with Gasteiger partial charge in [-0.3, -0.25) is 0 Å². The highest BCUT2D eigenvalue weighted by Crippen LogP contribution is 2.27. The lowest BCUT2D eigenvalue weighted by molar-refractivity contribution is 0.760. The van der Waals surface area contributed by atoms with Crippen LogP contribution in [0.5, 0.6) is 0 Å². The summed E-state index contributed by atoms with van der Waals surface area (Å²) in [7, 11) is 0. The van der Waals surface area contributed by atoms with E-state index in [1.807, 2.05) is 0 Å². The third-order valence-corrected chi connectivity index (χ3v) is 2.95. The predicted molar refractivity (Wildman–Crippen MR) is 64.4 cm³/mol. The van der Waals surface area contributed by atoms with Gasteiger partial charge in [-0.2, -0.15) is 0 Å². The van der Waals surface area contributed by atoms with Gasteiger partial charge in [-0.25, -0.2) is 9.97 Å². The molecule has 0 bridgehead atoms. The number of nitrogens with two attached hydrogens (primary N) is 2. The molecule has 4 N–H and O–H groups in total. The first-order valence-electron chi connectivity index (χ1n) is 5.84. The third-order valence-electron chi connectivity index (χ3n) is 2.95. The molecule has 5 heteroatoms. The van der Waals surface area contributed by atoms with Crippen molar-refractivity contribution in [2.24, 2.45) is 11.5 Å². The standard InChI is InChI=1S/C11H19N5/c12-4-6-16(7-5-13)11-9-2-1-3-10(9)14-8-15-11/h8H,1-7,12-13H2.